The summed E-state index contributed by atoms with van der Waals surface area (Å²) in [5.41, 5.74) is 7.04. The zero-order chi connectivity index (χ0) is 14.1. The smallest absolute Gasteiger partial charge is 0.239 e. The molecule has 0 unspecified atom stereocenters. The van der Waals surface area contributed by atoms with E-state index >= 15 is 0 Å². The molecule has 0 fully saturated rings. The Bertz CT molecular complexity index is 368. The minimum absolute atomic E-state index is 0.0203. The fraction of sp³-hybridized carbons (Fsp3) is 0.533. The fourth-order valence-corrected chi connectivity index (χ4v) is 1.99. The average Bonchev–Trinajstić information content (AvgIpc) is 2.43. The maximum Gasteiger partial charge on any atom is 0.239 e. The molecule has 1 rings (SSSR count). The van der Waals surface area contributed by atoms with Crippen molar-refractivity contribution in [2.75, 3.05) is 19.7 Å². The van der Waals surface area contributed by atoms with Crippen LogP contribution in [0.15, 0.2) is 30.3 Å². The van der Waals surface area contributed by atoms with Gasteiger partial charge in [-0.15, -0.1) is 0 Å². The molecule has 0 aliphatic carbocycles. The van der Waals surface area contributed by atoms with E-state index in [0.29, 0.717) is 19.5 Å². The molecule has 3 N–H and O–H groups in total. The van der Waals surface area contributed by atoms with Crippen molar-refractivity contribution in [3.63, 3.8) is 0 Å². The molecule has 0 radical (unpaired) electrons. The van der Waals surface area contributed by atoms with Gasteiger partial charge in [0.1, 0.15) is 0 Å². The maximum atomic E-state index is 12.2. The molecule has 1 aromatic rings. The quantitative estimate of drug-likeness (QED) is 0.741. The first-order chi connectivity index (χ1) is 9.19. The molecule has 1 amide bonds. The van der Waals surface area contributed by atoms with Crippen molar-refractivity contribution in [1.82, 2.24) is 4.90 Å². The molecule has 0 saturated heterocycles. The Morgan fingerprint density at radius 2 is 2.00 bits per heavy atom. The van der Waals surface area contributed by atoms with Gasteiger partial charge in [0, 0.05) is 13.1 Å². The molecule has 19 heavy (non-hydrogen) atoms. The molecule has 1 atom stereocenters. The van der Waals surface area contributed by atoms with Gasteiger partial charge >= 0.3 is 0 Å². The van der Waals surface area contributed by atoms with Crippen molar-refractivity contribution in [2.24, 2.45) is 5.73 Å². The predicted octanol–water partition coefficient (Wildman–Crippen LogP) is 1.18. The first kappa shape index (κ1) is 15.7. The molecule has 0 bridgehead atoms. The first-order valence-corrected chi connectivity index (χ1v) is 6.88. The number of carbonyl (C=O) groups is 1. The third kappa shape index (κ3) is 5.41. The highest BCUT2D eigenvalue weighted by Gasteiger charge is 2.20. The fourth-order valence-electron chi connectivity index (χ4n) is 1.99. The summed E-state index contributed by atoms with van der Waals surface area (Å²) in [6.07, 6.45) is 2.49. The molecular formula is C15H24N2O2. The molecule has 106 valence electrons. The molecule has 0 aliphatic heterocycles. The van der Waals surface area contributed by atoms with Crippen molar-refractivity contribution in [3.05, 3.63) is 35.9 Å². The number of nitrogens with zero attached hydrogens (tertiary/aromatic N) is 1. The molecule has 4 nitrogen and oxygen atoms in total. The van der Waals surface area contributed by atoms with Crippen LogP contribution in [0.1, 0.15) is 25.3 Å². The zero-order valence-electron chi connectivity index (χ0n) is 11.6. The Balaban J connectivity index is 2.57. The second-order valence-electron chi connectivity index (χ2n) is 4.70. The summed E-state index contributed by atoms with van der Waals surface area (Å²) in [6.45, 7) is 3.08. The van der Waals surface area contributed by atoms with E-state index in [0.717, 1.165) is 18.4 Å². The van der Waals surface area contributed by atoms with Crippen molar-refractivity contribution < 1.29 is 9.90 Å². The van der Waals surface area contributed by atoms with Crippen LogP contribution in [0.25, 0.3) is 0 Å². The van der Waals surface area contributed by atoms with Crippen LogP contribution in [0.5, 0.6) is 0 Å². The summed E-state index contributed by atoms with van der Waals surface area (Å²) < 4.78 is 0. The van der Waals surface area contributed by atoms with E-state index in [1.807, 2.05) is 30.3 Å². The maximum absolute atomic E-state index is 12.2. The Morgan fingerprint density at radius 1 is 1.32 bits per heavy atom. The summed E-state index contributed by atoms with van der Waals surface area (Å²) in [4.78, 5) is 13.9. The molecule has 0 saturated carbocycles. The number of rotatable bonds is 8. The van der Waals surface area contributed by atoms with Gasteiger partial charge < -0.3 is 15.7 Å². The number of hydrogen-bond acceptors (Lipinski definition) is 3. The molecule has 0 spiro atoms. The van der Waals surface area contributed by atoms with Crippen LogP contribution in [0.3, 0.4) is 0 Å². The van der Waals surface area contributed by atoms with Crippen molar-refractivity contribution in [1.29, 1.82) is 0 Å². The lowest BCUT2D eigenvalue weighted by Gasteiger charge is -2.25. The Morgan fingerprint density at radius 3 is 2.58 bits per heavy atom. The summed E-state index contributed by atoms with van der Waals surface area (Å²) in [7, 11) is 0. The highest BCUT2D eigenvalue weighted by atomic mass is 16.3. The molecule has 1 aromatic carbocycles. The second kappa shape index (κ2) is 8.67. The highest BCUT2D eigenvalue weighted by molar-refractivity contribution is 5.82. The standard InChI is InChI=1S/C15H24N2O2/c1-2-3-9-17(10-11-18)15(19)14(16)12-13-7-5-4-6-8-13/h4-8,14,18H,2-3,9-12,16H2,1H3/t14-/m0/s1. The van der Waals surface area contributed by atoms with Crippen LogP contribution in [-0.2, 0) is 11.2 Å². The van der Waals surface area contributed by atoms with Crippen molar-refractivity contribution in [3.8, 4) is 0 Å². The van der Waals surface area contributed by atoms with Crippen LogP contribution in [0, 0.1) is 0 Å². The highest BCUT2D eigenvalue weighted by Crippen LogP contribution is 2.05. The monoisotopic (exact) mass is 264 g/mol. The summed E-state index contributed by atoms with van der Waals surface area (Å²) in [6, 6.07) is 9.22. The molecule has 0 heterocycles. The lowest BCUT2D eigenvalue weighted by molar-refractivity contribution is -0.133. The second-order valence-corrected chi connectivity index (χ2v) is 4.70. The van der Waals surface area contributed by atoms with Crippen LogP contribution < -0.4 is 5.73 Å². The van der Waals surface area contributed by atoms with E-state index in [9.17, 15) is 4.79 Å². The summed E-state index contributed by atoms with van der Waals surface area (Å²) in [5, 5.41) is 9.02. The summed E-state index contributed by atoms with van der Waals surface area (Å²) in [5.74, 6) is -0.0775. The lowest BCUT2D eigenvalue weighted by Crippen LogP contribution is -2.46. The van der Waals surface area contributed by atoms with Gasteiger partial charge in [-0.25, -0.2) is 0 Å². The molecule has 4 heteroatoms. The van der Waals surface area contributed by atoms with Gasteiger partial charge in [0.2, 0.25) is 5.91 Å². The van der Waals surface area contributed by atoms with E-state index in [1.165, 1.54) is 0 Å². The number of nitrogens with two attached hydrogens (primary N) is 1. The van der Waals surface area contributed by atoms with Gasteiger partial charge in [-0.3, -0.25) is 4.79 Å². The Kier molecular flexibility index (Phi) is 7.15. The molecular weight excluding hydrogens is 240 g/mol. The third-order valence-corrected chi connectivity index (χ3v) is 3.08. The topological polar surface area (TPSA) is 66.6 Å². The first-order valence-electron chi connectivity index (χ1n) is 6.88. The number of aliphatic hydroxyl groups excluding tert-OH is 1. The van der Waals surface area contributed by atoms with E-state index in [2.05, 4.69) is 6.92 Å². The number of hydrogen-bond donors (Lipinski definition) is 2. The summed E-state index contributed by atoms with van der Waals surface area (Å²) >= 11 is 0. The van der Waals surface area contributed by atoms with Gasteiger partial charge in [0.05, 0.1) is 12.6 Å². The number of benzene rings is 1. The lowest BCUT2D eigenvalue weighted by atomic mass is 10.1. The van der Waals surface area contributed by atoms with Crippen molar-refractivity contribution >= 4 is 5.91 Å². The van der Waals surface area contributed by atoms with Crippen LogP contribution in [-0.4, -0.2) is 41.7 Å². The van der Waals surface area contributed by atoms with E-state index in [4.69, 9.17) is 10.8 Å². The minimum Gasteiger partial charge on any atom is -0.395 e. The largest absolute Gasteiger partial charge is 0.395 e. The normalized spacial score (nSPS) is 12.2. The van der Waals surface area contributed by atoms with E-state index < -0.39 is 6.04 Å². The molecule has 0 aliphatic rings. The zero-order valence-corrected chi connectivity index (χ0v) is 11.6. The number of aliphatic hydroxyl groups is 1. The van der Waals surface area contributed by atoms with Crippen LogP contribution in [0.4, 0.5) is 0 Å². The van der Waals surface area contributed by atoms with E-state index in [-0.39, 0.29) is 12.5 Å². The van der Waals surface area contributed by atoms with E-state index in [1.54, 1.807) is 4.90 Å². The van der Waals surface area contributed by atoms with Gasteiger partial charge in [0.15, 0.2) is 0 Å². The SMILES string of the molecule is CCCCN(CCO)C(=O)[C@@H](N)Cc1ccccc1. The Labute approximate surface area is 115 Å². The third-order valence-electron chi connectivity index (χ3n) is 3.08. The predicted molar refractivity (Wildman–Crippen MR) is 76.7 cm³/mol. The van der Waals surface area contributed by atoms with Crippen molar-refractivity contribution in [2.45, 2.75) is 32.2 Å². The van der Waals surface area contributed by atoms with Crippen LogP contribution in [0.2, 0.25) is 0 Å². The Hall–Kier alpha value is -1.39. The number of unbranched alkanes of at least 4 members (excludes halogenated alkanes) is 1. The van der Waals surface area contributed by atoms with Gasteiger partial charge in [-0.1, -0.05) is 43.7 Å². The van der Waals surface area contributed by atoms with Gasteiger partial charge in [0.25, 0.3) is 0 Å². The molecule has 0 aromatic heterocycles. The van der Waals surface area contributed by atoms with Gasteiger partial charge in [-0.2, -0.15) is 0 Å². The number of amides is 1. The van der Waals surface area contributed by atoms with Gasteiger partial charge in [-0.05, 0) is 18.4 Å². The van der Waals surface area contributed by atoms with Crippen LogP contribution >= 0.6 is 0 Å². The minimum atomic E-state index is -0.536. The average molecular weight is 264 g/mol. The number of carbonyl (C=O) groups excluding carboxylic acids is 1.